The molecule has 1 aromatic rings. The van der Waals surface area contributed by atoms with Crippen molar-refractivity contribution < 1.29 is 14.6 Å². The highest BCUT2D eigenvalue weighted by atomic mass is 16.5. The zero-order chi connectivity index (χ0) is 13.1. The maximum absolute atomic E-state index is 11.4. The molecule has 1 N–H and O–H groups in total. The second kappa shape index (κ2) is 5.32. The van der Waals surface area contributed by atoms with E-state index in [9.17, 15) is 9.90 Å². The lowest BCUT2D eigenvalue weighted by atomic mass is 9.88. The number of hydrogen-bond acceptors (Lipinski definition) is 3. The third-order valence-electron chi connectivity index (χ3n) is 2.76. The Bertz CT molecular complexity index is 408. The summed E-state index contributed by atoms with van der Waals surface area (Å²) in [4.78, 5) is 11.4. The highest BCUT2D eigenvalue weighted by Gasteiger charge is 2.28. The lowest BCUT2D eigenvalue weighted by Crippen LogP contribution is -2.27. The van der Waals surface area contributed by atoms with E-state index in [0.29, 0.717) is 6.61 Å². The van der Waals surface area contributed by atoms with Crippen LogP contribution in [0.15, 0.2) is 18.2 Å². The molecular weight excluding hydrogens is 216 g/mol. The van der Waals surface area contributed by atoms with Gasteiger partial charge in [0.1, 0.15) is 0 Å². The zero-order valence-corrected chi connectivity index (χ0v) is 10.9. The molecule has 0 fully saturated rings. The summed E-state index contributed by atoms with van der Waals surface area (Å²) in [5.74, 6) is -0.377. The van der Waals surface area contributed by atoms with Crippen molar-refractivity contribution in [3.8, 4) is 0 Å². The van der Waals surface area contributed by atoms with Crippen LogP contribution in [-0.4, -0.2) is 17.7 Å². The Hall–Kier alpha value is -1.35. The van der Waals surface area contributed by atoms with E-state index in [-0.39, 0.29) is 12.4 Å². The molecule has 1 rings (SSSR count). The fourth-order valence-corrected chi connectivity index (χ4v) is 2.01. The Morgan fingerprint density at radius 2 is 2.06 bits per heavy atom. The predicted molar refractivity (Wildman–Crippen MR) is 66.7 cm³/mol. The molecule has 1 aromatic carbocycles. The van der Waals surface area contributed by atoms with E-state index in [1.165, 1.54) is 0 Å². The molecule has 0 spiro atoms. The minimum absolute atomic E-state index is 0.0231. The molecule has 0 amide bonds. The average molecular weight is 236 g/mol. The van der Waals surface area contributed by atoms with Crippen LogP contribution in [0.4, 0.5) is 0 Å². The number of ether oxygens (including phenoxy) is 1. The first kappa shape index (κ1) is 13.7. The third-order valence-corrected chi connectivity index (χ3v) is 2.76. The lowest BCUT2D eigenvalue weighted by Gasteiger charge is -2.24. The number of aliphatic hydroxyl groups is 1. The molecule has 0 saturated heterocycles. The average Bonchev–Trinajstić information content (AvgIpc) is 2.15. The third kappa shape index (κ3) is 3.56. The summed E-state index contributed by atoms with van der Waals surface area (Å²) in [6.45, 7) is 7.66. The quantitative estimate of drug-likeness (QED) is 0.817. The molecule has 0 aromatic heterocycles. The highest BCUT2D eigenvalue weighted by Crippen LogP contribution is 2.28. The van der Waals surface area contributed by atoms with Gasteiger partial charge in [-0.3, -0.25) is 4.79 Å². The van der Waals surface area contributed by atoms with Crippen LogP contribution in [0.3, 0.4) is 0 Å². The van der Waals surface area contributed by atoms with Crippen molar-refractivity contribution >= 4 is 5.97 Å². The Morgan fingerprint density at radius 3 is 2.59 bits per heavy atom. The minimum atomic E-state index is -1.18. The molecule has 1 unspecified atom stereocenters. The van der Waals surface area contributed by atoms with E-state index in [2.05, 4.69) is 0 Å². The number of aryl methyl sites for hydroxylation is 2. The Balaban J connectivity index is 2.92. The molecule has 0 saturated carbocycles. The predicted octanol–water partition coefficient (Wildman–Crippen LogP) is 2.46. The van der Waals surface area contributed by atoms with Crippen LogP contribution in [0.5, 0.6) is 0 Å². The van der Waals surface area contributed by atoms with Gasteiger partial charge >= 0.3 is 5.97 Å². The van der Waals surface area contributed by atoms with Crippen LogP contribution in [0.1, 0.15) is 37.0 Å². The van der Waals surface area contributed by atoms with Gasteiger partial charge in [0.05, 0.1) is 18.6 Å². The second-order valence-corrected chi connectivity index (χ2v) is 4.57. The van der Waals surface area contributed by atoms with Gasteiger partial charge in [0.25, 0.3) is 0 Å². The van der Waals surface area contributed by atoms with Crippen LogP contribution in [0.25, 0.3) is 0 Å². The van der Waals surface area contributed by atoms with E-state index in [1.807, 2.05) is 32.0 Å². The van der Waals surface area contributed by atoms with Crippen molar-refractivity contribution in [1.82, 2.24) is 0 Å². The van der Waals surface area contributed by atoms with Crippen molar-refractivity contribution in [2.24, 2.45) is 0 Å². The molecule has 0 aliphatic carbocycles. The van der Waals surface area contributed by atoms with Gasteiger partial charge in [-0.15, -0.1) is 0 Å². The maximum atomic E-state index is 11.4. The number of carbonyl (C=O) groups is 1. The molecule has 0 aliphatic heterocycles. The first-order valence-corrected chi connectivity index (χ1v) is 5.82. The summed E-state index contributed by atoms with van der Waals surface area (Å²) < 4.78 is 4.86. The van der Waals surface area contributed by atoms with Crippen molar-refractivity contribution in [3.63, 3.8) is 0 Å². The minimum Gasteiger partial charge on any atom is -0.466 e. The van der Waals surface area contributed by atoms with Gasteiger partial charge in [0.15, 0.2) is 0 Å². The smallest absolute Gasteiger partial charge is 0.309 e. The number of hydrogen-bond donors (Lipinski definition) is 1. The fraction of sp³-hybridized carbons (Fsp3) is 0.500. The molecule has 3 heteroatoms. The molecule has 3 nitrogen and oxygen atoms in total. The van der Waals surface area contributed by atoms with Crippen molar-refractivity contribution in [2.75, 3.05) is 6.61 Å². The van der Waals surface area contributed by atoms with Crippen LogP contribution in [0.2, 0.25) is 0 Å². The molecule has 0 bridgehead atoms. The summed E-state index contributed by atoms with van der Waals surface area (Å²) in [5, 5.41) is 10.4. The van der Waals surface area contributed by atoms with E-state index in [1.54, 1.807) is 13.8 Å². The van der Waals surface area contributed by atoms with Crippen molar-refractivity contribution in [3.05, 3.63) is 34.9 Å². The first-order chi connectivity index (χ1) is 7.86. The van der Waals surface area contributed by atoms with Gasteiger partial charge in [-0.05, 0) is 38.8 Å². The van der Waals surface area contributed by atoms with Gasteiger partial charge in [-0.1, -0.05) is 23.8 Å². The summed E-state index contributed by atoms with van der Waals surface area (Å²) in [6.07, 6.45) is -0.0231. The lowest BCUT2D eigenvalue weighted by molar-refractivity contribution is -0.148. The Morgan fingerprint density at radius 1 is 1.41 bits per heavy atom. The molecule has 1 atom stereocenters. The monoisotopic (exact) mass is 236 g/mol. The molecule has 0 radical (unpaired) electrons. The van der Waals surface area contributed by atoms with Crippen molar-refractivity contribution in [1.29, 1.82) is 0 Å². The van der Waals surface area contributed by atoms with E-state index < -0.39 is 5.60 Å². The second-order valence-electron chi connectivity index (χ2n) is 4.57. The van der Waals surface area contributed by atoms with Crippen LogP contribution in [0, 0.1) is 13.8 Å². The molecule has 94 valence electrons. The van der Waals surface area contributed by atoms with Crippen LogP contribution in [-0.2, 0) is 15.1 Å². The van der Waals surface area contributed by atoms with E-state index >= 15 is 0 Å². The molecule has 17 heavy (non-hydrogen) atoms. The van der Waals surface area contributed by atoms with Gasteiger partial charge in [-0.2, -0.15) is 0 Å². The van der Waals surface area contributed by atoms with Gasteiger partial charge in [0, 0.05) is 0 Å². The van der Waals surface area contributed by atoms with Crippen LogP contribution >= 0.6 is 0 Å². The SMILES string of the molecule is CCOC(=O)CC(C)(O)c1ccc(C)cc1C. The Labute approximate surface area is 102 Å². The number of rotatable bonds is 4. The Kier molecular flexibility index (Phi) is 4.29. The maximum Gasteiger partial charge on any atom is 0.309 e. The van der Waals surface area contributed by atoms with Gasteiger partial charge < -0.3 is 9.84 Å². The number of esters is 1. The van der Waals surface area contributed by atoms with E-state index in [4.69, 9.17) is 4.74 Å². The molecule has 0 aliphatic rings. The summed E-state index contributed by atoms with van der Waals surface area (Å²) in [6, 6.07) is 5.79. The van der Waals surface area contributed by atoms with E-state index in [0.717, 1.165) is 16.7 Å². The fourth-order valence-electron chi connectivity index (χ4n) is 2.01. The van der Waals surface area contributed by atoms with Crippen molar-refractivity contribution in [2.45, 2.75) is 39.7 Å². The largest absolute Gasteiger partial charge is 0.466 e. The number of carbonyl (C=O) groups excluding carboxylic acids is 1. The van der Waals surface area contributed by atoms with Gasteiger partial charge in [-0.25, -0.2) is 0 Å². The standard InChI is InChI=1S/C14H20O3/c1-5-17-13(15)9-14(4,16)12-7-6-10(2)8-11(12)3/h6-8,16H,5,9H2,1-4H3. The normalized spacial score (nSPS) is 14.2. The topological polar surface area (TPSA) is 46.5 Å². The summed E-state index contributed by atoms with van der Waals surface area (Å²) in [7, 11) is 0. The number of benzene rings is 1. The highest BCUT2D eigenvalue weighted by molar-refractivity contribution is 5.71. The molecular formula is C14H20O3. The molecule has 0 heterocycles. The van der Waals surface area contributed by atoms with Gasteiger partial charge in [0.2, 0.25) is 0 Å². The summed E-state index contributed by atoms with van der Waals surface area (Å²) >= 11 is 0. The van der Waals surface area contributed by atoms with Crippen LogP contribution < -0.4 is 0 Å². The summed E-state index contributed by atoms with van der Waals surface area (Å²) in [5.41, 5.74) is 1.72. The zero-order valence-electron chi connectivity index (χ0n) is 10.9. The first-order valence-electron chi connectivity index (χ1n) is 5.82.